The van der Waals surface area contributed by atoms with Gasteiger partial charge in [-0.15, -0.1) is 11.3 Å². The van der Waals surface area contributed by atoms with Crippen LogP contribution >= 0.6 is 22.9 Å². The summed E-state index contributed by atoms with van der Waals surface area (Å²) in [6.07, 6.45) is 3.40. The van der Waals surface area contributed by atoms with Gasteiger partial charge in [0.25, 0.3) is 5.91 Å². The van der Waals surface area contributed by atoms with Crippen molar-refractivity contribution in [1.29, 1.82) is 0 Å². The standard InChI is InChI=1S/C18H16ClN3O2S/c1-11-7-15(24-2)16(20-8-11)17(23)21-9-14-10-22-18(25-14)12-3-5-13(19)6-4-12/h3-8,10H,9H2,1-2H3,(H,21,23). The van der Waals surface area contributed by atoms with Crippen molar-refractivity contribution in [3.63, 3.8) is 0 Å². The average Bonchev–Trinajstić information content (AvgIpc) is 3.09. The number of hydrogen-bond donors (Lipinski definition) is 1. The highest BCUT2D eigenvalue weighted by Gasteiger charge is 2.14. The number of benzene rings is 1. The van der Waals surface area contributed by atoms with Crippen molar-refractivity contribution < 1.29 is 9.53 Å². The van der Waals surface area contributed by atoms with Gasteiger partial charge in [0.2, 0.25) is 0 Å². The summed E-state index contributed by atoms with van der Waals surface area (Å²) < 4.78 is 5.23. The summed E-state index contributed by atoms with van der Waals surface area (Å²) in [7, 11) is 1.52. The first-order valence-electron chi connectivity index (χ1n) is 7.56. The van der Waals surface area contributed by atoms with Crippen molar-refractivity contribution in [3.8, 4) is 16.3 Å². The lowest BCUT2D eigenvalue weighted by molar-refractivity contribution is 0.0943. The molecule has 3 rings (SSSR count). The van der Waals surface area contributed by atoms with E-state index in [1.807, 2.05) is 31.2 Å². The molecule has 0 fully saturated rings. The number of nitrogens with one attached hydrogen (secondary N) is 1. The summed E-state index contributed by atoms with van der Waals surface area (Å²) in [6.45, 7) is 2.27. The molecule has 1 amide bonds. The summed E-state index contributed by atoms with van der Waals surface area (Å²) in [5.41, 5.74) is 2.20. The second-order valence-corrected chi connectivity index (χ2v) is 6.94. The van der Waals surface area contributed by atoms with E-state index in [-0.39, 0.29) is 11.6 Å². The van der Waals surface area contributed by atoms with Gasteiger partial charge in [-0.1, -0.05) is 23.7 Å². The Kier molecular flexibility index (Phi) is 5.31. The first-order chi connectivity index (χ1) is 12.1. The maximum atomic E-state index is 12.3. The van der Waals surface area contributed by atoms with Crippen LogP contribution in [0.1, 0.15) is 20.9 Å². The van der Waals surface area contributed by atoms with Gasteiger partial charge in [0.05, 0.1) is 13.7 Å². The molecule has 0 spiro atoms. The van der Waals surface area contributed by atoms with Crippen LogP contribution in [-0.4, -0.2) is 23.0 Å². The zero-order valence-corrected chi connectivity index (χ0v) is 15.3. The van der Waals surface area contributed by atoms with Crippen LogP contribution in [0, 0.1) is 6.92 Å². The van der Waals surface area contributed by atoms with E-state index in [4.69, 9.17) is 16.3 Å². The number of carbonyl (C=O) groups excluding carboxylic acids is 1. The third kappa shape index (κ3) is 4.15. The summed E-state index contributed by atoms with van der Waals surface area (Å²) in [6, 6.07) is 9.28. The fourth-order valence-corrected chi connectivity index (χ4v) is 3.22. The second-order valence-electron chi connectivity index (χ2n) is 5.38. The van der Waals surface area contributed by atoms with Crippen LogP contribution in [-0.2, 0) is 6.54 Å². The van der Waals surface area contributed by atoms with Gasteiger partial charge in [0.15, 0.2) is 5.69 Å². The molecular formula is C18H16ClN3O2S. The first kappa shape index (κ1) is 17.4. The molecular weight excluding hydrogens is 358 g/mol. The number of aryl methyl sites for hydroxylation is 1. The smallest absolute Gasteiger partial charge is 0.274 e. The Bertz CT molecular complexity index is 894. The maximum absolute atomic E-state index is 12.3. The molecule has 0 radical (unpaired) electrons. The van der Waals surface area contributed by atoms with Crippen LogP contribution in [0.15, 0.2) is 42.7 Å². The van der Waals surface area contributed by atoms with E-state index in [2.05, 4.69) is 15.3 Å². The number of nitrogens with zero attached hydrogens (tertiary/aromatic N) is 2. The van der Waals surface area contributed by atoms with Gasteiger partial charge in [0.1, 0.15) is 10.8 Å². The molecule has 2 heterocycles. The molecule has 7 heteroatoms. The number of pyridine rings is 1. The number of hydrogen-bond acceptors (Lipinski definition) is 5. The van der Waals surface area contributed by atoms with E-state index < -0.39 is 0 Å². The summed E-state index contributed by atoms with van der Waals surface area (Å²) in [4.78, 5) is 21.8. The maximum Gasteiger partial charge on any atom is 0.274 e. The van der Waals surface area contributed by atoms with Crippen LogP contribution in [0.5, 0.6) is 5.75 Å². The molecule has 0 saturated carbocycles. The number of thiazole rings is 1. The summed E-state index contributed by atoms with van der Waals surface area (Å²) in [5.74, 6) is 0.182. The van der Waals surface area contributed by atoms with E-state index in [1.54, 1.807) is 18.5 Å². The molecule has 0 aliphatic heterocycles. The monoisotopic (exact) mass is 373 g/mol. The van der Waals surface area contributed by atoms with Crippen LogP contribution < -0.4 is 10.1 Å². The van der Waals surface area contributed by atoms with Crippen molar-refractivity contribution in [2.45, 2.75) is 13.5 Å². The molecule has 0 bridgehead atoms. The van der Waals surface area contributed by atoms with Gasteiger partial charge >= 0.3 is 0 Å². The first-order valence-corrected chi connectivity index (χ1v) is 8.75. The van der Waals surface area contributed by atoms with Crippen molar-refractivity contribution in [2.24, 2.45) is 0 Å². The number of methoxy groups -OCH3 is 1. The minimum atomic E-state index is -0.279. The Morgan fingerprint density at radius 2 is 2.00 bits per heavy atom. The minimum absolute atomic E-state index is 0.274. The minimum Gasteiger partial charge on any atom is -0.494 e. The van der Waals surface area contributed by atoms with Crippen molar-refractivity contribution in [1.82, 2.24) is 15.3 Å². The molecule has 2 aromatic heterocycles. The lowest BCUT2D eigenvalue weighted by Crippen LogP contribution is -2.24. The van der Waals surface area contributed by atoms with Crippen LogP contribution in [0.2, 0.25) is 5.02 Å². The predicted octanol–water partition coefficient (Wildman–Crippen LogP) is 4.11. The molecule has 0 atom stereocenters. The van der Waals surface area contributed by atoms with Gasteiger partial charge in [-0.3, -0.25) is 4.79 Å². The van der Waals surface area contributed by atoms with Gasteiger partial charge < -0.3 is 10.1 Å². The van der Waals surface area contributed by atoms with Gasteiger partial charge in [-0.2, -0.15) is 0 Å². The van der Waals surface area contributed by atoms with Gasteiger partial charge in [-0.25, -0.2) is 9.97 Å². The summed E-state index contributed by atoms with van der Waals surface area (Å²) >= 11 is 7.42. The highest BCUT2D eigenvalue weighted by atomic mass is 35.5. The van der Waals surface area contributed by atoms with E-state index in [0.717, 1.165) is 21.0 Å². The van der Waals surface area contributed by atoms with Crippen molar-refractivity contribution in [2.75, 3.05) is 7.11 Å². The Labute approximate surface area is 154 Å². The van der Waals surface area contributed by atoms with Crippen molar-refractivity contribution in [3.05, 3.63) is 63.9 Å². The van der Waals surface area contributed by atoms with Crippen LogP contribution in [0.3, 0.4) is 0 Å². The largest absolute Gasteiger partial charge is 0.494 e. The van der Waals surface area contributed by atoms with Gasteiger partial charge in [-0.05, 0) is 30.7 Å². The van der Waals surface area contributed by atoms with Crippen LogP contribution in [0.4, 0.5) is 0 Å². The molecule has 128 valence electrons. The molecule has 1 N–H and O–H groups in total. The number of rotatable bonds is 5. The Hall–Kier alpha value is -2.44. The normalized spacial score (nSPS) is 10.5. The van der Waals surface area contributed by atoms with E-state index in [0.29, 0.717) is 17.3 Å². The molecule has 25 heavy (non-hydrogen) atoms. The predicted molar refractivity (Wildman–Crippen MR) is 99.3 cm³/mol. The molecule has 5 nitrogen and oxygen atoms in total. The average molecular weight is 374 g/mol. The molecule has 0 unspecified atom stereocenters. The number of halogens is 1. The SMILES string of the molecule is COc1cc(C)cnc1C(=O)NCc1cnc(-c2ccc(Cl)cc2)s1. The topological polar surface area (TPSA) is 64.1 Å². The Morgan fingerprint density at radius 3 is 2.72 bits per heavy atom. The number of ether oxygens (including phenoxy) is 1. The molecule has 0 saturated heterocycles. The van der Waals surface area contributed by atoms with E-state index in [9.17, 15) is 4.79 Å². The third-order valence-corrected chi connectivity index (χ3v) is 4.79. The van der Waals surface area contributed by atoms with Crippen LogP contribution in [0.25, 0.3) is 10.6 Å². The Balaban J connectivity index is 1.68. The van der Waals surface area contributed by atoms with E-state index >= 15 is 0 Å². The third-order valence-electron chi connectivity index (χ3n) is 3.49. The highest BCUT2D eigenvalue weighted by molar-refractivity contribution is 7.15. The molecule has 3 aromatic rings. The number of aromatic nitrogens is 2. The lowest BCUT2D eigenvalue weighted by Gasteiger charge is -2.08. The lowest BCUT2D eigenvalue weighted by atomic mass is 10.2. The van der Waals surface area contributed by atoms with Gasteiger partial charge in [0, 0.05) is 27.9 Å². The zero-order valence-electron chi connectivity index (χ0n) is 13.7. The highest BCUT2D eigenvalue weighted by Crippen LogP contribution is 2.26. The van der Waals surface area contributed by atoms with Crippen molar-refractivity contribution >= 4 is 28.8 Å². The number of amides is 1. The summed E-state index contributed by atoms with van der Waals surface area (Å²) in [5, 5.41) is 4.42. The quantitative estimate of drug-likeness (QED) is 0.731. The zero-order chi connectivity index (χ0) is 17.8. The fraction of sp³-hybridized carbons (Fsp3) is 0.167. The molecule has 1 aromatic carbocycles. The Morgan fingerprint density at radius 1 is 1.24 bits per heavy atom. The second kappa shape index (κ2) is 7.63. The molecule has 0 aliphatic carbocycles. The van der Waals surface area contributed by atoms with E-state index in [1.165, 1.54) is 18.4 Å². The fourth-order valence-electron chi connectivity index (χ4n) is 2.23. The number of carbonyl (C=O) groups is 1. The molecule has 0 aliphatic rings.